The molecule has 20 heavy (non-hydrogen) atoms. The molecule has 0 aliphatic carbocycles. The standard InChI is InChI=1S/C14H18N4O2/c1-4-10-9(2)13(18-17-10)16-14(19)15-11-7-5-6-8-12(11)20-3/h5-8H,4H2,1-3H3,(H3,15,16,17,18,19). The quantitative estimate of drug-likeness (QED) is 0.802. The predicted octanol–water partition coefficient (Wildman–Crippen LogP) is 2.93. The van der Waals surface area contributed by atoms with Crippen molar-refractivity contribution in [3.05, 3.63) is 35.5 Å². The number of carbonyl (C=O) groups is 1. The highest BCUT2D eigenvalue weighted by Crippen LogP contribution is 2.23. The van der Waals surface area contributed by atoms with Crippen LogP contribution in [0.3, 0.4) is 0 Å². The molecule has 1 aromatic heterocycles. The number of H-pyrrole nitrogens is 1. The first-order valence-electron chi connectivity index (χ1n) is 6.40. The molecule has 0 saturated heterocycles. The number of benzene rings is 1. The molecule has 0 saturated carbocycles. The number of nitrogens with zero attached hydrogens (tertiary/aromatic N) is 1. The van der Waals surface area contributed by atoms with E-state index < -0.39 is 0 Å². The Labute approximate surface area is 117 Å². The lowest BCUT2D eigenvalue weighted by atomic mass is 10.2. The van der Waals surface area contributed by atoms with Gasteiger partial charge in [0, 0.05) is 11.3 Å². The highest BCUT2D eigenvalue weighted by atomic mass is 16.5. The first-order valence-corrected chi connectivity index (χ1v) is 6.40. The Hall–Kier alpha value is -2.50. The number of hydrogen-bond acceptors (Lipinski definition) is 3. The van der Waals surface area contributed by atoms with E-state index in [1.807, 2.05) is 26.0 Å². The molecule has 0 spiro atoms. The SMILES string of the molecule is CCc1[nH]nc(NC(=O)Nc2ccccc2OC)c1C. The molecule has 0 radical (unpaired) electrons. The normalized spacial score (nSPS) is 10.2. The van der Waals surface area contributed by atoms with Crippen LogP contribution in [0.2, 0.25) is 0 Å². The van der Waals surface area contributed by atoms with Crippen LogP contribution in [0.15, 0.2) is 24.3 Å². The number of amides is 2. The fourth-order valence-corrected chi connectivity index (χ4v) is 1.91. The molecule has 1 heterocycles. The van der Waals surface area contributed by atoms with Gasteiger partial charge in [-0.15, -0.1) is 0 Å². The van der Waals surface area contributed by atoms with Crippen molar-refractivity contribution in [3.8, 4) is 5.75 Å². The molecule has 3 N–H and O–H groups in total. The third kappa shape index (κ3) is 2.90. The number of para-hydroxylation sites is 2. The maximum absolute atomic E-state index is 12.0. The summed E-state index contributed by atoms with van der Waals surface area (Å²) in [5.74, 6) is 1.14. The molecule has 0 unspecified atom stereocenters. The molecule has 0 atom stereocenters. The van der Waals surface area contributed by atoms with Gasteiger partial charge < -0.3 is 10.1 Å². The fraction of sp³-hybridized carbons (Fsp3) is 0.286. The molecular formula is C14H18N4O2. The van der Waals surface area contributed by atoms with Crippen molar-refractivity contribution in [2.24, 2.45) is 0 Å². The maximum Gasteiger partial charge on any atom is 0.325 e. The van der Waals surface area contributed by atoms with Crippen LogP contribution < -0.4 is 15.4 Å². The zero-order valence-corrected chi connectivity index (χ0v) is 11.8. The van der Waals surface area contributed by atoms with E-state index in [2.05, 4.69) is 20.8 Å². The van der Waals surface area contributed by atoms with Crippen molar-refractivity contribution in [1.82, 2.24) is 10.2 Å². The second-order valence-corrected chi connectivity index (χ2v) is 4.31. The smallest absolute Gasteiger partial charge is 0.325 e. The molecule has 2 aromatic rings. The van der Waals surface area contributed by atoms with Crippen LogP contribution in [-0.2, 0) is 6.42 Å². The van der Waals surface area contributed by atoms with Crippen molar-refractivity contribution in [3.63, 3.8) is 0 Å². The average molecular weight is 274 g/mol. The number of anilines is 2. The summed E-state index contributed by atoms with van der Waals surface area (Å²) in [5.41, 5.74) is 2.57. The van der Waals surface area contributed by atoms with Gasteiger partial charge in [0.05, 0.1) is 12.8 Å². The van der Waals surface area contributed by atoms with Gasteiger partial charge in [0.15, 0.2) is 5.82 Å². The van der Waals surface area contributed by atoms with Gasteiger partial charge in [-0.1, -0.05) is 19.1 Å². The van der Waals surface area contributed by atoms with Gasteiger partial charge in [-0.05, 0) is 25.5 Å². The van der Waals surface area contributed by atoms with Crippen LogP contribution in [0.4, 0.5) is 16.3 Å². The van der Waals surface area contributed by atoms with Gasteiger partial charge in [0.25, 0.3) is 0 Å². The van der Waals surface area contributed by atoms with E-state index in [4.69, 9.17) is 4.74 Å². The largest absolute Gasteiger partial charge is 0.495 e. The zero-order chi connectivity index (χ0) is 14.5. The van der Waals surface area contributed by atoms with Crippen LogP contribution in [0, 0.1) is 6.92 Å². The minimum atomic E-state index is -0.355. The average Bonchev–Trinajstić information content (AvgIpc) is 2.80. The lowest BCUT2D eigenvalue weighted by Gasteiger charge is -2.10. The monoisotopic (exact) mass is 274 g/mol. The number of nitrogens with one attached hydrogen (secondary N) is 3. The first kappa shape index (κ1) is 13.9. The van der Waals surface area contributed by atoms with Crippen LogP contribution >= 0.6 is 0 Å². The maximum atomic E-state index is 12.0. The topological polar surface area (TPSA) is 79.0 Å². The molecule has 6 heteroatoms. The minimum Gasteiger partial charge on any atom is -0.495 e. The van der Waals surface area contributed by atoms with Crippen molar-refractivity contribution >= 4 is 17.5 Å². The van der Waals surface area contributed by atoms with Crippen LogP contribution in [0.25, 0.3) is 0 Å². The molecule has 2 rings (SSSR count). The predicted molar refractivity (Wildman–Crippen MR) is 78.3 cm³/mol. The third-order valence-corrected chi connectivity index (χ3v) is 3.05. The molecule has 0 aliphatic heterocycles. The lowest BCUT2D eigenvalue weighted by Crippen LogP contribution is -2.20. The number of aromatic amines is 1. The fourth-order valence-electron chi connectivity index (χ4n) is 1.91. The van der Waals surface area contributed by atoms with E-state index in [-0.39, 0.29) is 6.03 Å². The molecule has 0 fully saturated rings. The Morgan fingerprint density at radius 1 is 1.35 bits per heavy atom. The summed E-state index contributed by atoms with van der Waals surface area (Å²) in [5, 5.41) is 12.4. The van der Waals surface area contributed by atoms with E-state index in [9.17, 15) is 4.79 Å². The summed E-state index contributed by atoms with van der Waals surface area (Å²) in [6.07, 6.45) is 0.842. The first-order chi connectivity index (χ1) is 9.65. The number of rotatable bonds is 4. The Morgan fingerprint density at radius 3 is 2.75 bits per heavy atom. The number of hydrogen-bond donors (Lipinski definition) is 3. The van der Waals surface area contributed by atoms with Gasteiger partial charge in [0.2, 0.25) is 0 Å². The van der Waals surface area contributed by atoms with E-state index >= 15 is 0 Å². The second kappa shape index (κ2) is 6.10. The second-order valence-electron chi connectivity index (χ2n) is 4.31. The van der Waals surface area contributed by atoms with Gasteiger partial charge in [-0.2, -0.15) is 5.10 Å². The number of aryl methyl sites for hydroxylation is 1. The van der Waals surface area contributed by atoms with E-state index in [0.717, 1.165) is 17.7 Å². The summed E-state index contributed by atoms with van der Waals surface area (Å²) in [6, 6.07) is 6.87. The Morgan fingerprint density at radius 2 is 2.10 bits per heavy atom. The summed E-state index contributed by atoms with van der Waals surface area (Å²) >= 11 is 0. The molecule has 1 aromatic carbocycles. The third-order valence-electron chi connectivity index (χ3n) is 3.05. The highest BCUT2D eigenvalue weighted by molar-refractivity contribution is 6.00. The molecule has 6 nitrogen and oxygen atoms in total. The van der Waals surface area contributed by atoms with Gasteiger partial charge in [0.1, 0.15) is 5.75 Å². The highest BCUT2D eigenvalue weighted by Gasteiger charge is 2.12. The minimum absolute atomic E-state index is 0.355. The summed E-state index contributed by atoms with van der Waals surface area (Å²) < 4.78 is 5.18. The number of carbonyl (C=O) groups excluding carboxylic acids is 1. The Balaban J connectivity index is 2.07. The summed E-state index contributed by atoms with van der Waals surface area (Å²) in [7, 11) is 1.56. The number of urea groups is 1. The molecule has 0 bridgehead atoms. The van der Waals surface area contributed by atoms with E-state index in [1.54, 1.807) is 19.2 Å². The molecule has 0 aliphatic rings. The van der Waals surface area contributed by atoms with Crippen molar-refractivity contribution in [2.45, 2.75) is 20.3 Å². The van der Waals surface area contributed by atoms with Crippen LogP contribution in [0.5, 0.6) is 5.75 Å². The number of methoxy groups -OCH3 is 1. The van der Waals surface area contributed by atoms with Gasteiger partial charge in [-0.25, -0.2) is 4.79 Å². The molecular weight excluding hydrogens is 256 g/mol. The Bertz CT molecular complexity index is 607. The number of ether oxygens (including phenoxy) is 1. The van der Waals surface area contributed by atoms with Crippen molar-refractivity contribution in [2.75, 3.05) is 17.7 Å². The summed E-state index contributed by atoms with van der Waals surface area (Å²) in [4.78, 5) is 12.0. The van der Waals surface area contributed by atoms with Crippen LogP contribution in [0.1, 0.15) is 18.2 Å². The zero-order valence-electron chi connectivity index (χ0n) is 11.8. The lowest BCUT2D eigenvalue weighted by molar-refractivity contribution is 0.262. The van der Waals surface area contributed by atoms with Gasteiger partial charge in [-0.3, -0.25) is 10.4 Å². The molecule has 2 amide bonds. The van der Waals surface area contributed by atoms with Crippen molar-refractivity contribution in [1.29, 1.82) is 0 Å². The molecule has 106 valence electrons. The van der Waals surface area contributed by atoms with Gasteiger partial charge >= 0.3 is 6.03 Å². The van der Waals surface area contributed by atoms with E-state index in [0.29, 0.717) is 17.3 Å². The summed E-state index contributed by atoms with van der Waals surface area (Å²) in [6.45, 7) is 3.94. The van der Waals surface area contributed by atoms with Crippen molar-refractivity contribution < 1.29 is 9.53 Å². The van der Waals surface area contributed by atoms with E-state index in [1.165, 1.54) is 0 Å². The number of aromatic nitrogens is 2. The Kier molecular flexibility index (Phi) is 4.24. The van der Waals surface area contributed by atoms with Crippen LogP contribution in [-0.4, -0.2) is 23.3 Å².